The lowest BCUT2D eigenvalue weighted by molar-refractivity contribution is -0.141. The highest BCUT2D eigenvalue weighted by Gasteiger charge is 2.33. The first-order valence-corrected chi connectivity index (χ1v) is 4.24. The summed E-state index contributed by atoms with van der Waals surface area (Å²) in [5.41, 5.74) is 4.63. The van der Waals surface area contributed by atoms with Crippen LogP contribution >= 0.6 is 0 Å². The molecule has 0 spiro atoms. The normalized spacial score (nSPS) is 13.7. The molecule has 1 unspecified atom stereocenters. The Labute approximate surface area is 85.1 Å². The van der Waals surface area contributed by atoms with Gasteiger partial charge in [-0.15, -0.1) is 0 Å². The zero-order valence-corrected chi connectivity index (χ0v) is 8.30. The van der Waals surface area contributed by atoms with Crippen molar-refractivity contribution in [2.45, 2.75) is 19.1 Å². The molecule has 0 aliphatic heterocycles. The Balaban J connectivity index is 3.22. The van der Waals surface area contributed by atoms with Crippen molar-refractivity contribution in [2.24, 2.45) is 5.73 Å². The summed E-state index contributed by atoms with van der Waals surface area (Å²) >= 11 is 0. The first-order chi connectivity index (χ1) is 6.86. The van der Waals surface area contributed by atoms with Crippen LogP contribution in [-0.4, -0.2) is 12.1 Å². The molecule has 0 radical (unpaired) electrons. The average molecular weight is 220 g/mol. The molecule has 15 heavy (non-hydrogen) atoms. The molecule has 1 rings (SSSR count). The summed E-state index contributed by atoms with van der Waals surface area (Å²) in [4.78, 5) is 3.44. The lowest BCUT2D eigenvalue weighted by atomic mass is 10.2. The van der Waals surface area contributed by atoms with Crippen LogP contribution in [0.4, 0.5) is 13.2 Å². The summed E-state index contributed by atoms with van der Waals surface area (Å²) in [5.74, 6) is 0.262. The minimum absolute atomic E-state index is 0.104. The van der Waals surface area contributed by atoms with Crippen LogP contribution in [0.5, 0.6) is 5.75 Å². The Morgan fingerprint density at radius 1 is 1.40 bits per heavy atom. The summed E-state index contributed by atoms with van der Waals surface area (Å²) in [5, 5.41) is 0. The van der Waals surface area contributed by atoms with E-state index in [1.54, 1.807) is 6.92 Å². The third-order valence-corrected chi connectivity index (χ3v) is 1.83. The summed E-state index contributed by atoms with van der Waals surface area (Å²) in [6.07, 6.45) is -4.46. The lowest BCUT2D eigenvalue weighted by Crippen LogP contribution is -2.14. The largest absolute Gasteiger partial charge is 0.495 e. The first-order valence-electron chi connectivity index (χ1n) is 4.24. The predicted octanol–water partition coefficient (Wildman–Crippen LogP) is 2.13. The Hall–Kier alpha value is -1.30. The number of halogens is 3. The van der Waals surface area contributed by atoms with Gasteiger partial charge in [0.15, 0.2) is 0 Å². The SMILES string of the molecule is COc1ccc(C(F)(F)F)nc1C(C)N. The van der Waals surface area contributed by atoms with Gasteiger partial charge in [-0.25, -0.2) is 4.98 Å². The molecule has 0 amide bonds. The molecule has 0 bridgehead atoms. The number of nitrogens with zero attached hydrogens (tertiary/aromatic N) is 1. The van der Waals surface area contributed by atoms with Crippen LogP contribution in [0.1, 0.15) is 24.4 Å². The summed E-state index contributed by atoms with van der Waals surface area (Å²) in [6.45, 7) is 1.55. The van der Waals surface area contributed by atoms with E-state index < -0.39 is 17.9 Å². The highest BCUT2D eigenvalue weighted by atomic mass is 19.4. The Morgan fingerprint density at radius 2 is 2.00 bits per heavy atom. The number of rotatable bonds is 2. The molecule has 1 aromatic rings. The Bertz CT molecular complexity index is 350. The van der Waals surface area contributed by atoms with Crippen LogP contribution in [0.15, 0.2) is 12.1 Å². The molecule has 0 saturated carbocycles. The molecule has 1 heterocycles. The second kappa shape index (κ2) is 4.06. The van der Waals surface area contributed by atoms with Gasteiger partial charge in [-0.05, 0) is 19.1 Å². The van der Waals surface area contributed by atoms with Gasteiger partial charge in [0, 0.05) is 6.04 Å². The minimum atomic E-state index is -4.46. The van der Waals surface area contributed by atoms with Crippen LogP contribution in [0.2, 0.25) is 0 Å². The predicted molar refractivity (Wildman–Crippen MR) is 48.4 cm³/mol. The van der Waals surface area contributed by atoms with E-state index in [9.17, 15) is 13.2 Å². The van der Waals surface area contributed by atoms with Gasteiger partial charge in [-0.3, -0.25) is 0 Å². The highest BCUT2D eigenvalue weighted by molar-refractivity contribution is 5.32. The number of alkyl halides is 3. The van der Waals surface area contributed by atoms with Gasteiger partial charge in [0.05, 0.1) is 12.8 Å². The summed E-state index contributed by atoms with van der Waals surface area (Å²) < 4.78 is 41.8. The number of ether oxygens (including phenoxy) is 1. The maximum atomic E-state index is 12.3. The van der Waals surface area contributed by atoms with Crippen molar-refractivity contribution in [3.05, 3.63) is 23.5 Å². The van der Waals surface area contributed by atoms with E-state index in [2.05, 4.69) is 4.98 Å². The number of nitrogens with two attached hydrogens (primary N) is 1. The van der Waals surface area contributed by atoms with Crippen molar-refractivity contribution < 1.29 is 17.9 Å². The van der Waals surface area contributed by atoms with Crippen LogP contribution in [0, 0.1) is 0 Å². The fourth-order valence-electron chi connectivity index (χ4n) is 1.12. The van der Waals surface area contributed by atoms with Crippen molar-refractivity contribution in [3.8, 4) is 5.75 Å². The molecular weight excluding hydrogens is 209 g/mol. The van der Waals surface area contributed by atoms with E-state index in [0.717, 1.165) is 6.07 Å². The number of hydrogen-bond donors (Lipinski definition) is 1. The number of aromatic nitrogens is 1. The van der Waals surface area contributed by atoms with Crippen molar-refractivity contribution in [3.63, 3.8) is 0 Å². The third-order valence-electron chi connectivity index (χ3n) is 1.83. The Kier molecular flexibility index (Phi) is 3.18. The summed E-state index contributed by atoms with van der Waals surface area (Å²) in [6, 6.07) is 1.47. The minimum Gasteiger partial charge on any atom is -0.495 e. The molecule has 0 fully saturated rings. The average Bonchev–Trinajstić information content (AvgIpc) is 2.15. The van der Waals surface area contributed by atoms with Crippen LogP contribution in [-0.2, 0) is 6.18 Å². The van der Waals surface area contributed by atoms with Gasteiger partial charge < -0.3 is 10.5 Å². The van der Waals surface area contributed by atoms with Gasteiger partial charge in [-0.2, -0.15) is 13.2 Å². The lowest BCUT2D eigenvalue weighted by Gasteiger charge is -2.13. The zero-order chi connectivity index (χ0) is 11.6. The molecular formula is C9H11F3N2O. The number of methoxy groups -OCH3 is 1. The van der Waals surface area contributed by atoms with E-state index in [1.165, 1.54) is 13.2 Å². The fourth-order valence-corrected chi connectivity index (χ4v) is 1.12. The van der Waals surface area contributed by atoms with Crippen molar-refractivity contribution in [1.29, 1.82) is 0 Å². The third kappa shape index (κ3) is 2.59. The van der Waals surface area contributed by atoms with E-state index in [-0.39, 0.29) is 11.4 Å². The zero-order valence-electron chi connectivity index (χ0n) is 8.30. The number of pyridine rings is 1. The van der Waals surface area contributed by atoms with Gasteiger partial charge in [0.2, 0.25) is 0 Å². The molecule has 84 valence electrons. The van der Waals surface area contributed by atoms with Crippen molar-refractivity contribution >= 4 is 0 Å². The molecule has 0 aliphatic carbocycles. The molecule has 2 N–H and O–H groups in total. The molecule has 0 aromatic carbocycles. The van der Waals surface area contributed by atoms with Crippen LogP contribution in [0.25, 0.3) is 0 Å². The molecule has 6 heteroatoms. The fraction of sp³-hybridized carbons (Fsp3) is 0.444. The second-order valence-corrected chi connectivity index (χ2v) is 3.07. The monoisotopic (exact) mass is 220 g/mol. The smallest absolute Gasteiger partial charge is 0.433 e. The standard InChI is InChI=1S/C9H11F3N2O/c1-5(13)8-6(15-2)3-4-7(14-8)9(10,11)12/h3-5H,13H2,1-2H3. The van der Waals surface area contributed by atoms with Crippen LogP contribution < -0.4 is 10.5 Å². The molecule has 1 atom stereocenters. The summed E-state index contributed by atoms with van der Waals surface area (Å²) in [7, 11) is 1.36. The van der Waals surface area contributed by atoms with Crippen LogP contribution in [0.3, 0.4) is 0 Å². The molecule has 0 saturated heterocycles. The molecule has 0 aliphatic rings. The highest BCUT2D eigenvalue weighted by Crippen LogP contribution is 2.31. The van der Waals surface area contributed by atoms with Gasteiger partial charge in [0.1, 0.15) is 11.4 Å². The van der Waals surface area contributed by atoms with Gasteiger partial charge in [-0.1, -0.05) is 0 Å². The molecule has 3 nitrogen and oxygen atoms in total. The van der Waals surface area contributed by atoms with E-state index in [1.807, 2.05) is 0 Å². The topological polar surface area (TPSA) is 48.1 Å². The maximum Gasteiger partial charge on any atom is 0.433 e. The number of hydrogen-bond acceptors (Lipinski definition) is 3. The van der Waals surface area contributed by atoms with Crippen molar-refractivity contribution in [1.82, 2.24) is 4.98 Å². The maximum absolute atomic E-state index is 12.3. The van der Waals surface area contributed by atoms with Gasteiger partial charge in [0.25, 0.3) is 0 Å². The van der Waals surface area contributed by atoms with E-state index in [4.69, 9.17) is 10.5 Å². The van der Waals surface area contributed by atoms with Gasteiger partial charge >= 0.3 is 6.18 Å². The molecule has 1 aromatic heterocycles. The second-order valence-electron chi connectivity index (χ2n) is 3.07. The van der Waals surface area contributed by atoms with E-state index >= 15 is 0 Å². The van der Waals surface area contributed by atoms with E-state index in [0.29, 0.717) is 0 Å². The Morgan fingerprint density at radius 3 is 2.40 bits per heavy atom. The van der Waals surface area contributed by atoms with Crippen molar-refractivity contribution in [2.75, 3.05) is 7.11 Å². The first kappa shape index (κ1) is 11.8. The quantitative estimate of drug-likeness (QED) is 0.830.